The van der Waals surface area contributed by atoms with E-state index in [0.29, 0.717) is 30.8 Å². The molecule has 5 nitrogen and oxygen atoms in total. The smallest absolute Gasteiger partial charge is 0.181 e. The summed E-state index contributed by atoms with van der Waals surface area (Å²) in [6.45, 7) is 3.87. The average molecular weight is 338 g/mol. The van der Waals surface area contributed by atoms with Crippen molar-refractivity contribution >= 4 is 32.6 Å². The molecule has 1 rings (SSSR count). The predicted molar refractivity (Wildman–Crippen MR) is 85.6 cm³/mol. The first-order valence-electron chi connectivity index (χ1n) is 7.39. The van der Waals surface area contributed by atoms with Crippen molar-refractivity contribution < 1.29 is 22.6 Å². The van der Waals surface area contributed by atoms with E-state index in [-0.39, 0.29) is 16.6 Å². The molecule has 0 N–H and O–H groups in total. The highest BCUT2D eigenvalue weighted by molar-refractivity contribution is 7.97. The molecule has 0 aromatic heterocycles. The van der Waals surface area contributed by atoms with Gasteiger partial charge in [0.2, 0.25) is 0 Å². The van der Waals surface area contributed by atoms with E-state index in [9.17, 15) is 22.6 Å². The third-order valence-corrected chi connectivity index (χ3v) is 6.06. The normalized spacial score (nSPS) is 16.2. The van der Waals surface area contributed by atoms with Crippen molar-refractivity contribution in [3.63, 3.8) is 0 Å². The van der Waals surface area contributed by atoms with E-state index in [0.717, 1.165) is 36.5 Å². The van der Waals surface area contributed by atoms with Gasteiger partial charge in [0, 0.05) is 12.2 Å². The summed E-state index contributed by atoms with van der Waals surface area (Å²) in [6, 6.07) is 0. The van der Waals surface area contributed by atoms with E-state index in [4.69, 9.17) is 0 Å². The van der Waals surface area contributed by atoms with Gasteiger partial charge >= 0.3 is 0 Å². The molecule has 0 unspecified atom stereocenters. The van der Waals surface area contributed by atoms with E-state index >= 15 is 0 Å². The molecule has 7 heteroatoms. The first-order valence-corrected chi connectivity index (χ1v) is 10.7. The molecule has 1 aliphatic rings. The molecule has 0 atom stereocenters. The van der Waals surface area contributed by atoms with Crippen LogP contribution in [-0.4, -0.2) is 47.5 Å². The fraction of sp³-hybridized carbons (Fsp3) is 0.857. The summed E-state index contributed by atoms with van der Waals surface area (Å²) in [5.41, 5.74) is 0. The van der Waals surface area contributed by atoms with Crippen molar-refractivity contribution in [1.82, 2.24) is 0 Å². The number of hydrogen-bond acceptors (Lipinski definition) is 5. The number of carbonyl (C=O) groups excluding carboxylic acids is 2. The Hall–Kier alpha value is -0.400. The quantitative estimate of drug-likeness (QED) is 0.520. The van der Waals surface area contributed by atoms with E-state index in [1.165, 1.54) is 0 Å². The van der Waals surface area contributed by atoms with E-state index in [1.54, 1.807) is 0 Å². The molecule has 0 spiro atoms. The van der Waals surface area contributed by atoms with Crippen LogP contribution in [0.25, 0.3) is 0 Å². The first kappa shape index (κ1) is 20.6. The third-order valence-electron chi connectivity index (χ3n) is 2.98. The number of carbonyl (C=O) groups is 2. The molecule has 124 valence electrons. The molecule has 1 heterocycles. The van der Waals surface area contributed by atoms with Crippen LogP contribution >= 0.6 is 0 Å². The van der Waals surface area contributed by atoms with Crippen molar-refractivity contribution in [3.8, 4) is 0 Å². The van der Waals surface area contributed by atoms with Crippen LogP contribution in [0.4, 0.5) is 0 Å². The van der Waals surface area contributed by atoms with Crippen molar-refractivity contribution in [2.45, 2.75) is 52.4 Å². The van der Waals surface area contributed by atoms with Crippen LogP contribution in [0.5, 0.6) is 0 Å². The second kappa shape index (κ2) is 11.2. The zero-order chi connectivity index (χ0) is 16.3. The monoisotopic (exact) mass is 338 g/mol. The Kier molecular flexibility index (Phi) is 11.0. The Morgan fingerprint density at radius 2 is 1.76 bits per heavy atom. The minimum atomic E-state index is -3.94. The van der Waals surface area contributed by atoms with Crippen LogP contribution in [0.2, 0.25) is 0 Å². The van der Waals surface area contributed by atoms with Crippen LogP contribution in [0.1, 0.15) is 52.4 Å². The van der Waals surface area contributed by atoms with Gasteiger partial charge in [0.25, 0.3) is 0 Å². The molecule has 0 amide bonds. The lowest BCUT2D eigenvalue weighted by Crippen LogP contribution is -2.29. The lowest BCUT2D eigenvalue weighted by atomic mass is 10.2. The zero-order valence-electron chi connectivity index (χ0n) is 12.9. The summed E-state index contributed by atoms with van der Waals surface area (Å²) in [7, 11) is -3.70. The summed E-state index contributed by atoms with van der Waals surface area (Å²) in [6.07, 6.45) is 4.32. The highest BCUT2D eigenvalue weighted by Crippen LogP contribution is 2.12. The molecule has 0 aromatic carbocycles. The van der Waals surface area contributed by atoms with Gasteiger partial charge in [-0.2, -0.15) is 0 Å². The topological polar surface area (TPSA) is 91.3 Å². The van der Waals surface area contributed by atoms with Gasteiger partial charge in [-0.25, -0.2) is 8.42 Å². The van der Waals surface area contributed by atoms with Crippen molar-refractivity contribution in [1.29, 1.82) is 0 Å². The summed E-state index contributed by atoms with van der Waals surface area (Å²) < 4.78 is 29.5. The largest absolute Gasteiger partial charge is 0.748 e. The van der Waals surface area contributed by atoms with Gasteiger partial charge in [0.1, 0.15) is 17.3 Å². The van der Waals surface area contributed by atoms with E-state index < -0.39 is 10.1 Å². The predicted octanol–water partition coefficient (Wildman–Crippen LogP) is 1.67. The second-order valence-electron chi connectivity index (χ2n) is 5.11. The summed E-state index contributed by atoms with van der Waals surface area (Å²) in [5.74, 6) is 3.22. The molecular formula is C14H26O5S2. The Morgan fingerprint density at radius 3 is 2.14 bits per heavy atom. The lowest BCUT2D eigenvalue weighted by Gasteiger charge is -2.11. The van der Waals surface area contributed by atoms with E-state index in [1.807, 2.05) is 13.8 Å². The van der Waals surface area contributed by atoms with Gasteiger partial charge in [-0.3, -0.25) is 9.59 Å². The molecule has 0 bridgehead atoms. The molecule has 1 saturated heterocycles. The zero-order valence-corrected chi connectivity index (χ0v) is 14.6. The molecule has 1 aliphatic heterocycles. The number of hydrogen-bond donors (Lipinski definition) is 0. The van der Waals surface area contributed by atoms with Gasteiger partial charge in [-0.1, -0.05) is 20.3 Å². The molecule has 0 radical (unpaired) electrons. The maximum absolute atomic E-state index is 11.3. The maximum atomic E-state index is 11.3. The molecule has 0 saturated carbocycles. The van der Waals surface area contributed by atoms with Crippen molar-refractivity contribution in [2.24, 2.45) is 0 Å². The van der Waals surface area contributed by atoms with Crippen molar-refractivity contribution in [2.75, 3.05) is 23.0 Å². The van der Waals surface area contributed by atoms with Gasteiger partial charge in [-0.05, 0) is 23.7 Å². The molecule has 0 aliphatic carbocycles. The minimum Gasteiger partial charge on any atom is -0.748 e. The Labute approximate surface area is 131 Å². The van der Waals surface area contributed by atoms with Crippen LogP contribution < -0.4 is 0 Å². The Bertz CT molecular complexity index is 407. The maximum Gasteiger partial charge on any atom is 0.181 e. The van der Waals surface area contributed by atoms with Crippen LogP contribution in [0.3, 0.4) is 0 Å². The molecule has 21 heavy (non-hydrogen) atoms. The Balaban J connectivity index is 0.000000433. The lowest BCUT2D eigenvalue weighted by molar-refractivity contribution is -0.119. The highest BCUT2D eigenvalue weighted by Gasteiger charge is 2.28. The summed E-state index contributed by atoms with van der Waals surface area (Å²) >= 11 is 0. The number of rotatable bonds is 7. The average Bonchev–Trinajstić information content (AvgIpc) is 2.39. The van der Waals surface area contributed by atoms with Gasteiger partial charge in [0.15, 0.2) is 11.5 Å². The SMILES string of the molecule is CCCC(=O)C[S+]1CCC(=O)CC1.CCCCS(=O)(=O)[O-]. The second-order valence-corrected chi connectivity index (χ2v) is 8.96. The number of Topliss-reactive ketones (excluding diaryl/α,β-unsaturated/α-hetero) is 2. The highest BCUT2D eigenvalue weighted by atomic mass is 32.2. The minimum absolute atomic E-state index is 0.219. The number of ketones is 2. The first-order chi connectivity index (χ1) is 9.78. The number of unbranched alkanes of at least 4 members (excludes halogenated alkanes) is 1. The molecule has 1 fully saturated rings. The summed E-state index contributed by atoms with van der Waals surface area (Å²) in [4.78, 5) is 22.3. The van der Waals surface area contributed by atoms with Crippen LogP contribution in [-0.2, 0) is 30.6 Å². The third kappa shape index (κ3) is 13.0. The standard InChI is InChI=1S/C10H17O2S.C4H10O3S/c1-2-3-10(12)8-13-6-4-9(11)5-7-13;1-2-3-4-8(5,6)7/h2-8H2,1H3;2-4H2,1H3,(H,5,6,7)/q+1;/p-1. The van der Waals surface area contributed by atoms with E-state index in [2.05, 4.69) is 0 Å². The fourth-order valence-corrected chi connectivity index (χ4v) is 4.55. The van der Waals surface area contributed by atoms with Crippen LogP contribution in [0, 0.1) is 0 Å². The van der Waals surface area contributed by atoms with Gasteiger partial charge in [0.05, 0.1) is 23.0 Å². The fourth-order valence-electron chi connectivity index (χ4n) is 1.79. The summed E-state index contributed by atoms with van der Waals surface area (Å²) in [5, 5.41) is 0. The van der Waals surface area contributed by atoms with Crippen LogP contribution in [0.15, 0.2) is 0 Å². The molecule has 0 aromatic rings. The molecular weight excluding hydrogens is 312 g/mol. The van der Waals surface area contributed by atoms with Gasteiger partial charge < -0.3 is 4.55 Å². The van der Waals surface area contributed by atoms with Crippen molar-refractivity contribution in [3.05, 3.63) is 0 Å². The van der Waals surface area contributed by atoms with Gasteiger partial charge in [-0.15, -0.1) is 0 Å². The Morgan fingerprint density at radius 1 is 1.19 bits per heavy atom.